The van der Waals surface area contributed by atoms with Gasteiger partial charge < -0.3 is 4.57 Å². The first-order chi connectivity index (χ1) is 4.84. The van der Waals surface area contributed by atoms with E-state index in [1.54, 1.807) is 16.8 Å². The van der Waals surface area contributed by atoms with E-state index in [9.17, 15) is 4.79 Å². The third-order valence-electron chi connectivity index (χ3n) is 1.29. The zero-order chi connectivity index (χ0) is 7.40. The minimum absolute atomic E-state index is 0.0376. The second-order valence-electron chi connectivity index (χ2n) is 2.15. The zero-order valence-electron chi connectivity index (χ0n) is 6.00. The summed E-state index contributed by atoms with van der Waals surface area (Å²) in [6.45, 7) is 2.83. The fourth-order valence-corrected chi connectivity index (χ4v) is 0.834. The summed E-state index contributed by atoms with van der Waals surface area (Å²) < 4.78 is 1.65. The van der Waals surface area contributed by atoms with Crippen LogP contribution in [-0.4, -0.2) is 4.57 Å². The van der Waals surface area contributed by atoms with Crippen molar-refractivity contribution in [2.75, 3.05) is 0 Å². The summed E-state index contributed by atoms with van der Waals surface area (Å²) in [7, 11) is 0. The molecule has 0 N–H and O–H groups in total. The van der Waals surface area contributed by atoms with Gasteiger partial charge in [0.15, 0.2) is 0 Å². The summed E-state index contributed by atoms with van der Waals surface area (Å²) in [6.07, 6.45) is 2.76. The molecule has 1 radical (unpaired) electrons. The maximum Gasteiger partial charge on any atom is 0.258 e. The Balaban J connectivity index is 2.92. The van der Waals surface area contributed by atoms with Crippen molar-refractivity contribution in [1.29, 1.82) is 0 Å². The predicted octanol–water partition coefficient (Wildman–Crippen LogP) is 1.06. The second-order valence-corrected chi connectivity index (χ2v) is 2.15. The summed E-state index contributed by atoms with van der Waals surface area (Å²) in [5.74, 6) is 0. The van der Waals surface area contributed by atoms with Crippen LogP contribution in [0.15, 0.2) is 23.1 Å². The Kier molecular flexibility index (Phi) is 2.26. The lowest BCUT2D eigenvalue weighted by atomic mass is 10.4. The molecule has 0 unspecified atom stereocenters. The minimum Gasteiger partial charge on any atom is -0.315 e. The Labute approximate surface area is 60.1 Å². The number of hydrogen-bond acceptors (Lipinski definition) is 1. The van der Waals surface area contributed by atoms with Crippen molar-refractivity contribution in [2.24, 2.45) is 0 Å². The maximum atomic E-state index is 10.9. The molecule has 1 heterocycles. The van der Waals surface area contributed by atoms with Crippen LogP contribution in [-0.2, 0) is 6.54 Å². The van der Waals surface area contributed by atoms with Gasteiger partial charge in [0, 0.05) is 12.7 Å². The fraction of sp³-hybridized carbons (Fsp3) is 0.375. The molecule has 0 aliphatic heterocycles. The maximum absolute atomic E-state index is 10.9. The van der Waals surface area contributed by atoms with E-state index in [-0.39, 0.29) is 5.56 Å². The summed E-state index contributed by atoms with van der Waals surface area (Å²) >= 11 is 0. The van der Waals surface area contributed by atoms with Crippen LogP contribution in [0.25, 0.3) is 0 Å². The van der Waals surface area contributed by atoms with E-state index in [2.05, 4.69) is 6.07 Å². The molecule has 0 bridgehead atoms. The molecule has 0 aliphatic rings. The summed E-state index contributed by atoms with van der Waals surface area (Å²) in [4.78, 5) is 10.9. The quantitative estimate of drug-likeness (QED) is 0.595. The SMILES string of the molecule is CCCn1ccc[c]c1=O. The van der Waals surface area contributed by atoms with Gasteiger partial charge in [-0.05, 0) is 18.6 Å². The van der Waals surface area contributed by atoms with Crippen LogP contribution in [0.4, 0.5) is 0 Å². The van der Waals surface area contributed by atoms with Crippen LogP contribution >= 0.6 is 0 Å². The number of nitrogens with zero attached hydrogens (tertiary/aromatic N) is 1. The van der Waals surface area contributed by atoms with Crippen LogP contribution in [0, 0.1) is 6.07 Å². The summed E-state index contributed by atoms with van der Waals surface area (Å²) in [6, 6.07) is 6.04. The molecule has 0 saturated heterocycles. The molecule has 1 aromatic rings. The molecular formula is C8H10NO. The first kappa shape index (κ1) is 7.06. The zero-order valence-corrected chi connectivity index (χ0v) is 6.00. The smallest absolute Gasteiger partial charge is 0.258 e. The van der Waals surface area contributed by atoms with Crippen LogP contribution in [0.5, 0.6) is 0 Å². The van der Waals surface area contributed by atoms with Gasteiger partial charge in [0.25, 0.3) is 5.56 Å². The molecule has 1 rings (SSSR count). The van der Waals surface area contributed by atoms with E-state index in [1.165, 1.54) is 0 Å². The molecule has 2 nitrogen and oxygen atoms in total. The van der Waals surface area contributed by atoms with Gasteiger partial charge in [0.2, 0.25) is 0 Å². The van der Waals surface area contributed by atoms with Crippen LogP contribution < -0.4 is 5.56 Å². The van der Waals surface area contributed by atoms with E-state index in [0.29, 0.717) is 0 Å². The molecule has 2 heteroatoms. The van der Waals surface area contributed by atoms with Gasteiger partial charge in [-0.1, -0.05) is 6.92 Å². The standard InChI is InChI=1S/C8H10NO/c1-2-6-9-7-4-3-5-8(9)10/h3-4,7H,2,6H2,1H3. The second kappa shape index (κ2) is 3.20. The topological polar surface area (TPSA) is 22.0 Å². The first-order valence-corrected chi connectivity index (χ1v) is 3.41. The van der Waals surface area contributed by atoms with E-state index in [1.807, 2.05) is 13.0 Å². The molecule has 0 fully saturated rings. The monoisotopic (exact) mass is 136 g/mol. The highest BCUT2D eigenvalue weighted by atomic mass is 16.1. The van der Waals surface area contributed by atoms with Crippen LogP contribution in [0.2, 0.25) is 0 Å². The van der Waals surface area contributed by atoms with E-state index >= 15 is 0 Å². The van der Waals surface area contributed by atoms with E-state index < -0.39 is 0 Å². The average molecular weight is 136 g/mol. The van der Waals surface area contributed by atoms with Crippen molar-refractivity contribution in [3.63, 3.8) is 0 Å². The fourth-order valence-electron chi connectivity index (χ4n) is 0.834. The highest BCUT2D eigenvalue weighted by molar-refractivity contribution is 4.90. The number of hydrogen-bond donors (Lipinski definition) is 0. The van der Waals surface area contributed by atoms with Gasteiger partial charge >= 0.3 is 0 Å². The Morgan fingerprint density at radius 2 is 2.50 bits per heavy atom. The van der Waals surface area contributed by atoms with Crippen molar-refractivity contribution in [1.82, 2.24) is 4.57 Å². The molecule has 1 aromatic heterocycles. The molecule has 0 amide bonds. The highest BCUT2D eigenvalue weighted by Gasteiger charge is 1.88. The predicted molar refractivity (Wildman–Crippen MR) is 39.8 cm³/mol. The third kappa shape index (κ3) is 1.47. The first-order valence-electron chi connectivity index (χ1n) is 3.41. The number of aromatic nitrogens is 1. The minimum atomic E-state index is -0.0376. The summed E-state index contributed by atoms with van der Waals surface area (Å²) in [5, 5.41) is 0. The normalized spacial score (nSPS) is 9.70. The Bertz CT molecular complexity index is 251. The van der Waals surface area contributed by atoms with Crippen molar-refractivity contribution in [2.45, 2.75) is 19.9 Å². The molecule has 0 spiro atoms. The van der Waals surface area contributed by atoms with Crippen molar-refractivity contribution in [3.05, 3.63) is 34.7 Å². The lowest BCUT2D eigenvalue weighted by Gasteiger charge is -1.99. The third-order valence-corrected chi connectivity index (χ3v) is 1.29. The number of aryl methyl sites for hydroxylation is 1. The lowest BCUT2D eigenvalue weighted by Crippen LogP contribution is -2.17. The Morgan fingerprint density at radius 1 is 1.70 bits per heavy atom. The van der Waals surface area contributed by atoms with Gasteiger partial charge in [-0.25, -0.2) is 0 Å². The van der Waals surface area contributed by atoms with Crippen LogP contribution in [0.3, 0.4) is 0 Å². The van der Waals surface area contributed by atoms with Crippen LogP contribution in [0.1, 0.15) is 13.3 Å². The van der Waals surface area contributed by atoms with Gasteiger partial charge in [0.1, 0.15) is 0 Å². The number of pyridine rings is 1. The lowest BCUT2D eigenvalue weighted by molar-refractivity contribution is 0.653. The molecule has 0 saturated carbocycles. The largest absolute Gasteiger partial charge is 0.315 e. The van der Waals surface area contributed by atoms with Gasteiger partial charge in [-0.3, -0.25) is 4.79 Å². The van der Waals surface area contributed by atoms with Crippen molar-refractivity contribution >= 4 is 0 Å². The highest BCUT2D eigenvalue weighted by Crippen LogP contribution is 1.83. The average Bonchev–Trinajstić information content (AvgIpc) is 1.94. The van der Waals surface area contributed by atoms with Gasteiger partial charge in [-0.2, -0.15) is 0 Å². The summed E-state index contributed by atoms with van der Waals surface area (Å²) in [5.41, 5.74) is -0.0376. The van der Waals surface area contributed by atoms with Crippen molar-refractivity contribution < 1.29 is 0 Å². The van der Waals surface area contributed by atoms with E-state index in [0.717, 1.165) is 13.0 Å². The van der Waals surface area contributed by atoms with Gasteiger partial charge in [0.05, 0.1) is 6.07 Å². The molecule has 53 valence electrons. The number of rotatable bonds is 2. The molecular weight excluding hydrogens is 126 g/mol. The molecule has 0 aliphatic carbocycles. The molecule has 0 aromatic carbocycles. The Hall–Kier alpha value is -1.05. The van der Waals surface area contributed by atoms with E-state index in [4.69, 9.17) is 0 Å². The Morgan fingerprint density at radius 3 is 3.10 bits per heavy atom. The van der Waals surface area contributed by atoms with Gasteiger partial charge in [-0.15, -0.1) is 0 Å². The van der Waals surface area contributed by atoms with Crippen molar-refractivity contribution in [3.8, 4) is 0 Å². The molecule has 0 atom stereocenters. The molecule has 10 heavy (non-hydrogen) atoms.